The van der Waals surface area contributed by atoms with Gasteiger partial charge in [0.25, 0.3) is 0 Å². The molecule has 16 heavy (non-hydrogen) atoms. The number of halogens is 1. The topological polar surface area (TPSA) is 52.0 Å². The van der Waals surface area contributed by atoms with Gasteiger partial charge in [-0.3, -0.25) is 0 Å². The molecule has 0 heterocycles. The maximum Gasteiger partial charge on any atom is 0.0426 e. The van der Waals surface area contributed by atoms with Gasteiger partial charge in [0.2, 0.25) is 0 Å². The van der Waals surface area contributed by atoms with Gasteiger partial charge >= 0.3 is 0 Å². The fourth-order valence-corrected chi connectivity index (χ4v) is 1.24. The zero-order chi connectivity index (χ0) is 12.0. The molecule has 0 amide bonds. The number of benzene rings is 2. The summed E-state index contributed by atoms with van der Waals surface area (Å²) in [6.45, 7) is 1.95. The summed E-state index contributed by atoms with van der Waals surface area (Å²) < 4.78 is 0. The van der Waals surface area contributed by atoms with Crippen LogP contribution in [0.5, 0.6) is 0 Å². The quantitative estimate of drug-likeness (QED) is 0.686. The van der Waals surface area contributed by atoms with E-state index in [9.17, 15) is 0 Å². The molecule has 0 atom stereocenters. The number of rotatable bonds is 0. The largest absolute Gasteiger partial charge is 0.399 e. The summed E-state index contributed by atoms with van der Waals surface area (Å²) in [4.78, 5) is 0. The van der Waals surface area contributed by atoms with Crippen LogP contribution < -0.4 is 11.5 Å². The van der Waals surface area contributed by atoms with Crippen molar-refractivity contribution in [3.05, 3.63) is 59.1 Å². The Morgan fingerprint density at radius 3 is 1.94 bits per heavy atom. The Balaban J connectivity index is 0.000000165. The summed E-state index contributed by atoms with van der Waals surface area (Å²) >= 11 is 5.64. The number of para-hydroxylation sites is 1. The molecule has 2 rings (SSSR count). The van der Waals surface area contributed by atoms with Crippen LogP contribution in [0, 0.1) is 6.92 Å². The second kappa shape index (κ2) is 6.03. The number of nitrogens with two attached hydrogens (primary N) is 2. The van der Waals surface area contributed by atoms with Gasteiger partial charge in [0.05, 0.1) is 0 Å². The average molecular weight is 235 g/mol. The number of nitrogen functional groups attached to an aromatic ring is 2. The van der Waals surface area contributed by atoms with E-state index in [0.29, 0.717) is 5.02 Å². The highest BCUT2D eigenvalue weighted by Gasteiger charge is 1.91. The molecule has 2 aromatic rings. The summed E-state index contributed by atoms with van der Waals surface area (Å²) in [6.07, 6.45) is 0. The lowest BCUT2D eigenvalue weighted by molar-refractivity contribution is 1.47. The number of hydrogen-bond donors (Lipinski definition) is 2. The molecule has 84 valence electrons. The van der Waals surface area contributed by atoms with Crippen molar-refractivity contribution in [2.24, 2.45) is 0 Å². The molecule has 0 bridgehead atoms. The molecule has 0 radical (unpaired) electrons. The van der Waals surface area contributed by atoms with E-state index in [0.717, 1.165) is 16.9 Å². The Bertz CT molecular complexity index is 441. The van der Waals surface area contributed by atoms with Gasteiger partial charge in [-0.2, -0.15) is 0 Å². The van der Waals surface area contributed by atoms with Gasteiger partial charge in [-0.15, -0.1) is 0 Å². The predicted octanol–water partition coefficient (Wildman–Crippen LogP) is 3.50. The Hall–Kier alpha value is -1.67. The second-order valence-corrected chi connectivity index (χ2v) is 3.85. The molecule has 0 spiro atoms. The summed E-state index contributed by atoms with van der Waals surface area (Å²) in [5, 5.41) is 0.693. The molecule has 0 saturated heterocycles. The van der Waals surface area contributed by atoms with Crippen LogP contribution in [0.3, 0.4) is 0 Å². The molecule has 0 aliphatic heterocycles. The van der Waals surface area contributed by atoms with Crippen LogP contribution in [0.15, 0.2) is 48.5 Å². The van der Waals surface area contributed by atoms with E-state index in [1.54, 1.807) is 6.07 Å². The van der Waals surface area contributed by atoms with Crippen LogP contribution in [0.25, 0.3) is 0 Å². The van der Waals surface area contributed by atoms with Crippen molar-refractivity contribution < 1.29 is 0 Å². The van der Waals surface area contributed by atoms with Gasteiger partial charge in [0, 0.05) is 16.4 Å². The third-order valence-electron chi connectivity index (χ3n) is 2.04. The highest BCUT2D eigenvalue weighted by atomic mass is 35.5. The zero-order valence-electron chi connectivity index (χ0n) is 9.15. The molecule has 0 aliphatic rings. The summed E-state index contributed by atoms with van der Waals surface area (Å²) in [7, 11) is 0. The first kappa shape index (κ1) is 12.4. The van der Waals surface area contributed by atoms with Gasteiger partial charge in [-0.25, -0.2) is 0 Å². The maximum atomic E-state index is 5.64. The second-order valence-electron chi connectivity index (χ2n) is 3.41. The van der Waals surface area contributed by atoms with Gasteiger partial charge in [0.1, 0.15) is 0 Å². The van der Waals surface area contributed by atoms with Crippen molar-refractivity contribution in [2.45, 2.75) is 6.92 Å². The molecule has 3 heteroatoms. The van der Waals surface area contributed by atoms with E-state index in [4.69, 9.17) is 23.1 Å². The predicted molar refractivity (Wildman–Crippen MR) is 71.5 cm³/mol. The molecule has 0 unspecified atom stereocenters. The standard InChI is InChI=1S/C7H8ClN.C6H7N/c1-5-2-3-6(8)4-7(5)9;7-6-4-2-1-3-5-6/h2-4H,9H2,1H3;1-5H,7H2. The van der Waals surface area contributed by atoms with Crippen molar-refractivity contribution in [1.29, 1.82) is 0 Å². The normalized spacial score (nSPS) is 9.12. The number of aryl methyl sites for hydroxylation is 1. The minimum Gasteiger partial charge on any atom is -0.399 e. The van der Waals surface area contributed by atoms with Crippen molar-refractivity contribution in [3.8, 4) is 0 Å². The Labute approximate surface area is 101 Å². The highest BCUT2D eigenvalue weighted by molar-refractivity contribution is 6.30. The van der Waals surface area contributed by atoms with Crippen molar-refractivity contribution in [2.75, 3.05) is 11.5 Å². The first-order valence-corrected chi connectivity index (χ1v) is 5.29. The lowest BCUT2D eigenvalue weighted by atomic mass is 10.2. The maximum absolute atomic E-state index is 5.64. The minimum atomic E-state index is 0.693. The van der Waals surface area contributed by atoms with E-state index in [1.165, 1.54) is 0 Å². The Kier molecular flexibility index (Phi) is 4.67. The summed E-state index contributed by atoms with van der Waals surface area (Å²) in [5.74, 6) is 0. The van der Waals surface area contributed by atoms with Crippen molar-refractivity contribution in [3.63, 3.8) is 0 Å². The molecule has 2 aromatic carbocycles. The average Bonchev–Trinajstić information content (AvgIpc) is 2.26. The van der Waals surface area contributed by atoms with Crippen LogP contribution >= 0.6 is 11.6 Å². The molecule has 0 aromatic heterocycles. The van der Waals surface area contributed by atoms with Gasteiger partial charge in [-0.1, -0.05) is 35.9 Å². The lowest BCUT2D eigenvalue weighted by Crippen LogP contribution is -1.87. The SMILES string of the molecule is Cc1ccc(Cl)cc1N.Nc1ccccc1. The smallest absolute Gasteiger partial charge is 0.0426 e. The van der Waals surface area contributed by atoms with Crippen molar-refractivity contribution >= 4 is 23.0 Å². The van der Waals surface area contributed by atoms with Gasteiger partial charge < -0.3 is 11.5 Å². The number of anilines is 2. The molecule has 4 N–H and O–H groups in total. The van der Waals surface area contributed by atoms with E-state index < -0.39 is 0 Å². The molecule has 2 nitrogen and oxygen atoms in total. The molecule has 0 saturated carbocycles. The fraction of sp³-hybridized carbons (Fsp3) is 0.0769. The fourth-order valence-electron chi connectivity index (χ4n) is 1.06. The third-order valence-corrected chi connectivity index (χ3v) is 2.28. The molecular formula is C13H15ClN2. The Morgan fingerprint density at radius 2 is 1.56 bits per heavy atom. The van der Waals surface area contributed by atoms with Crippen LogP contribution in [-0.4, -0.2) is 0 Å². The highest BCUT2D eigenvalue weighted by Crippen LogP contribution is 2.16. The van der Waals surface area contributed by atoms with E-state index >= 15 is 0 Å². The zero-order valence-corrected chi connectivity index (χ0v) is 9.91. The van der Waals surface area contributed by atoms with E-state index in [1.807, 2.05) is 49.4 Å². The van der Waals surface area contributed by atoms with Gasteiger partial charge in [-0.05, 0) is 36.8 Å². The van der Waals surface area contributed by atoms with Gasteiger partial charge in [0.15, 0.2) is 0 Å². The van der Waals surface area contributed by atoms with Crippen LogP contribution in [0.1, 0.15) is 5.56 Å². The third kappa shape index (κ3) is 4.24. The van der Waals surface area contributed by atoms with Crippen LogP contribution in [0.4, 0.5) is 11.4 Å². The molecule has 0 aliphatic carbocycles. The van der Waals surface area contributed by atoms with Crippen molar-refractivity contribution in [1.82, 2.24) is 0 Å². The first-order valence-electron chi connectivity index (χ1n) is 4.92. The summed E-state index contributed by atoms with van der Waals surface area (Å²) in [5.41, 5.74) is 13.5. The lowest BCUT2D eigenvalue weighted by Gasteiger charge is -1.97. The van der Waals surface area contributed by atoms with E-state index in [-0.39, 0.29) is 0 Å². The molecular weight excluding hydrogens is 220 g/mol. The minimum absolute atomic E-state index is 0.693. The Morgan fingerprint density at radius 1 is 0.938 bits per heavy atom. The van der Waals surface area contributed by atoms with Crippen LogP contribution in [-0.2, 0) is 0 Å². The first-order chi connectivity index (χ1) is 7.59. The van der Waals surface area contributed by atoms with Crippen LogP contribution in [0.2, 0.25) is 5.02 Å². The number of hydrogen-bond acceptors (Lipinski definition) is 2. The summed E-state index contributed by atoms with van der Waals surface area (Å²) in [6, 6.07) is 15.0. The van der Waals surface area contributed by atoms with E-state index in [2.05, 4.69) is 0 Å². The monoisotopic (exact) mass is 234 g/mol. The molecule has 0 fully saturated rings.